The topological polar surface area (TPSA) is 190 Å². The molecule has 5 rings (SSSR count). The number of aliphatic hydroxyl groups is 3. The molecule has 0 bridgehead atoms. The Labute approximate surface area is 218 Å². The summed E-state index contributed by atoms with van der Waals surface area (Å²) in [5, 5.41) is 47.3. The number of aromatic hydroxyl groups is 1. The van der Waals surface area contributed by atoms with Gasteiger partial charge in [0.2, 0.25) is 11.7 Å². The zero-order chi connectivity index (χ0) is 27.7. The Morgan fingerprint density at radius 1 is 1.11 bits per heavy atom. The van der Waals surface area contributed by atoms with Crippen molar-refractivity contribution in [1.82, 2.24) is 4.90 Å². The molecule has 38 heavy (non-hydrogen) atoms. The second-order valence-electron chi connectivity index (χ2n) is 10.9. The summed E-state index contributed by atoms with van der Waals surface area (Å²) in [6, 6.07) is 1.69. The van der Waals surface area contributed by atoms with Gasteiger partial charge in [-0.1, -0.05) is 12.8 Å². The van der Waals surface area contributed by atoms with Crippen LogP contribution in [0.2, 0.25) is 0 Å². The number of hydrogen-bond donors (Lipinski definition) is 6. The number of amides is 2. The van der Waals surface area contributed by atoms with Crippen LogP contribution in [0.1, 0.15) is 43.2 Å². The van der Waals surface area contributed by atoms with Crippen LogP contribution in [0.15, 0.2) is 29.0 Å². The van der Waals surface area contributed by atoms with Crippen molar-refractivity contribution in [3.63, 3.8) is 0 Å². The number of nitrogens with two attached hydrogens (primary N) is 1. The lowest BCUT2D eigenvalue weighted by Crippen LogP contribution is -2.65. The number of carbonyl (C=O) groups is 4. The summed E-state index contributed by atoms with van der Waals surface area (Å²) in [5.74, 6) is -7.35. The number of nitrogens with zero attached hydrogens (tertiary/aromatic N) is 1. The van der Waals surface area contributed by atoms with Gasteiger partial charge in [-0.05, 0) is 63.4 Å². The number of nitrogens with one attached hydrogen (secondary N) is 1. The minimum absolute atomic E-state index is 0.0164. The number of benzene rings is 1. The first-order valence-corrected chi connectivity index (χ1v) is 12.7. The molecule has 1 aromatic rings. The van der Waals surface area contributed by atoms with Crippen molar-refractivity contribution in [3.05, 3.63) is 40.2 Å². The van der Waals surface area contributed by atoms with E-state index in [0.29, 0.717) is 11.3 Å². The van der Waals surface area contributed by atoms with Crippen LogP contribution in [-0.2, 0) is 25.6 Å². The molecule has 7 N–H and O–H groups in total. The molecule has 0 radical (unpaired) electrons. The lowest BCUT2D eigenvalue weighted by molar-refractivity contribution is -0.153. The van der Waals surface area contributed by atoms with Crippen molar-refractivity contribution in [2.75, 3.05) is 19.4 Å². The minimum Gasteiger partial charge on any atom is -0.508 e. The first-order valence-electron chi connectivity index (χ1n) is 12.7. The fourth-order valence-electron chi connectivity index (χ4n) is 6.78. The Morgan fingerprint density at radius 3 is 2.37 bits per heavy atom. The molecular weight excluding hydrogens is 494 g/mol. The minimum atomic E-state index is -2.69. The van der Waals surface area contributed by atoms with Crippen molar-refractivity contribution >= 4 is 34.8 Å². The van der Waals surface area contributed by atoms with Crippen molar-refractivity contribution in [2.45, 2.75) is 50.2 Å². The van der Waals surface area contributed by atoms with E-state index in [0.717, 1.165) is 25.7 Å². The predicted octanol–water partition coefficient (Wildman–Crippen LogP) is 1.09. The summed E-state index contributed by atoms with van der Waals surface area (Å²) in [6.07, 6.45) is 3.60. The third-order valence-corrected chi connectivity index (χ3v) is 8.59. The Kier molecular flexibility index (Phi) is 6.11. The molecule has 0 spiro atoms. The fraction of sp³-hybridized carbons (Fsp3) is 0.481. The molecule has 0 aromatic heterocycles. The van der Waals surface area contributed by atoms with Crippen molar-refractivity contribution in [1.29, 1.82) is 0 Å². The SMILES string of the molecule is CN(C)[C@@H]1C(=O)C(C(N)=O)=C(O)[C@@]2(O)C(=O)C3=C(O)c4c(O)ccc(NC(=O)C5CCCC5)c4C[C@H]3C[C@@H]12. The maximum absolute atomic E-state index is 13.8. The van der Waals surface area contributed by atoms with Crippen LogP contribution >= 0.6 is 0 Å². The standard InChI is InChI=1S/C27H31N3O8/c1-30(2)20-14-10-12-9-13-15(29-26(37)11-5-3-4-6-11)7-8-16(31)18(13)21(32)17(12)23(34)27(14,38)24(35)19(22(20)33)25(28)36/h7-8,11-12,14,20,31-32,35,38H,3-6,9-10H2,1-2H3,(H2,28,36)(H,29,37)/t12-,14-,20-,27-/m0/s1. The molecule has 0 saturated heterocycles. The number of phenolic OH excluding ortho intramolecular Hbond substituents is 1. The average Bonchev–Trinajstić information content (AvgIpc) is 3.38. The first kappa shape index (κ1) is 25.9. The molecule has 202 valence electrons. The van der Waals surface area contributed by atoms with E-state index < -0.39 is 58.0 Å². The highest BCUT2D eigenvalue weighted by molar-refractivity contribution is 6.24. The van der Waals surface area contributed by atoms with E-state index >= 15 is 0 Å². The highest BCUT2D eigenvalue weighted by atomic mass is 16.3. The van der Waals surface area contributed by atoms with Gasteiger partial charge in [0.1, 0.15) is 22.8 Å². The third-order valence-electron chi connectivity index (χ3n) is 8.59. The molecule has 2 fully saturated rings. The number of phenols is 1. The van der Waals surface area contributed by atoms with Gasteiger partial charge in [-0.3, -0.25) is 24.1 Å². The second-order valence-corrected chi connectivity index (χ2v) is 10.9. The summed E-state index contributed by atoms with van der Waals surface area (Å²) >= 11 is 0. The van der Waals surface area contributed by atoms with Gasteiger partial charge in [-0.25, -0.2) is 0 Å². The van der Waals surface area contributed by atoms with Crippen LogP contribution in [0.4, 0.5) is 5.69 Å². The molecule has 4 aliphatic rings. The monoisotopic (exact) mass is 525 g/mol. The van der Waals surface area contributed by atoms with Crippen LogP contribution in [0.5, 0.6) is 5.75 Å². The molecule has 11 nitrogen and oxygen atoms in total. The van der Waals surface area contributed by atoms with Crippen LogP contribution in [0.25, 0.3) is 5.76 Å². The Morgan fingerprint density at radius 2 is 1.76 bits per heavy atom. The fourth-order valence-corrected chi connectivity index (χ4v) is 6.78. The first-order chi connectivity index (χ1) is 17.9. The largest absolute Gasteiger partial charge is 0.508 e. The quantitative estimate of drug-likeness (QED) is 0.247. The second kappa shape index (κ2) is 8.95. The Hall–Kier alpha value is -3.70. The molecule has 11 heteroatoms. The van der Waals surface area contributed by atoms with Crippen molar-refractivity contribution in [2.24, 2.45) is 23.5 Å². The molecule has 2 amide bonds. The molecule has 4 aliphatic carbocycles. The molecule has 1 aromatic carbocycles. The number of Topliss-reactive ketones (excluding diaryl/α,β-unsaturated/α-hetero) is 2. The molecular formula is C27H31N3O8. The van der Waals surface area contributed by atoms with Crippen molar-refractivity contribution < 1.29 is 39.6 Å². The Balaban J connectivity index is 1.64. The van der Waals surface area contributed by atoms with Crippen LogP contribution < -0.4 is 11.1 Å². The highest BCUT2D eigenvalue weighted by Crippen LogP contribution is 2.53. The lowest BCUT2D eigenvalue weighted by Gasteiger charge is -2.50. The number of fused-ring (bicyclic) bond motifs is 3. The summed E-state index contributed by atoms with van der Waals surface area (Å²) in [6.45, 7) is 0. The highest BCUT2D eigenvalue weighted by Gasteiger charge is 2.64. The number of primary amides is 1. The number of likely N-dealkylation sites (N-methyl/N-ethyl adjacent to an activating group) is 1. The van der Waals surface area contributed by atoms with Gasteiger partial charge in [0, 0.05) is 23.1 Å². The summed E-state index contributed by atoms with van der Waals surface area (Å²) in [4.78, 5) is 53.4. The number of ketones is 2. The number of rotatable bonds is 4. The van der Waals surface area contributed by atoms with E-state index in [1.54, 1.807) is 20.2 Å². The van der Waals surface area contributed by atoms with Gasteiger partial charge >= 0.3 is 0 Å². The average molecular weight is 526 g/mol. The molecule has 2 saturated carbocycles. The number of hydrogen-bond acceptors (Lipinski definition) is 9. The van der Waals surface area contributed by atoms with Gasteiger partial charge < -0.3 is 31.5 Å². The van der Waals surface area contributed by atoms with Crippen LogP contribution in [-0.4, -0.2) is 74.4 Å². The van der Waals surface area contributed by atoms with E-state index in [4.69, 9.17) is 5.73 Å². The number of anilines is 1. The summed E-state index contributed by atoms with van der Waals surface area (Å²) < 4.78 is 0. The maximum Gasteiger partial charge on any atom is 0.255 e. The van der Waals surface area contributed by atoms with Crippen molar-refractivity contribution in [3.8, 4) is 5.75 Å². The van der Waals surface area contributed by atoms with Gasteiger partial charge in [-0.2, -0.15) is 0 Å². The lowest BCUT2D eigenvalue weighted by atomic mass is 9.57. The molecule has 0 aliphatic heterocycles. The summed E-state index contributed by atoms with van der Waals surface area (Å²) in [5.41, 5.74) is 2.34. The van der Waals surface area contributed by atoms with Gasteiger partial charge in [0.25, 0.3) is 5.91 Å². The van der Waals surface area contributed by atoms with Gasteiger partial charge in [0.15, 0.2) is 11.4 Å². The van der Waals surface area contributed by atoms with Gasteiger partial charge in [-0.15, -0.1) is 0 Å². The number of carbonyl (C=O) groups excluding carboxylic acids is 4. The zero-order valence-corrected chi connectivity index (χ0v) is 21.2. The maximum atomic E-state index is 13.8. The Bertz CT molecular complexity index is 1340. The number of aliphatic hydroxyl groups excluding tert-OH is 2. The predicted molar refractivity (Wildman–Crippen MR) is 135 cm³/mol. The zero-order valence-electron chi connectivity index (χ0n) is 21.2. The van der Waals surface area contributed by atoms with E-state index in [2.05, 4.69) is 5.32 Å². The molecule has 0 unspecified atom stereocenters. The summed E-state index contributed by atoms with van der Waals surface area (Å²) in [7, 11) is 3.09. The van der Waals surface area contributed by atoms with E-state index in [1.807, 2.05) is 0 Å². The molecule has 0 heterocycles. The van der Waals surface area contributed by atoms with E-state index in [1.165, 1.54) is 11.0 Å². The van der Waals surface area contributed by atoms with Crippen LogP contribution in [0, 0.1) is 17.8 Å². The van der Waals surface area contributed by atoms with E-state index in [-0.39, 0.29) is 41.6 Å². The third kappa shape index (κ3) is 3.56. The van der Waals surface area contributed by atoms with E-state index in [9.17, 15) is 39.6 Å². The van der Waals surface area contributed by atoms with Gasteiger partial charge in [0.05, 0.1) is 11.6 Å². The molecule has 4 atom stereocenters. The normalized spacial score (nSPS) is 29.3. The van der Waals surface area contributed by atoms with Crippen LogP contribution in [0.3, 0.4) is 0 Å². The smallest absolute Gasteiger partial charge is 0.255 e.